The van der Waals surface area contributed by atoms with E-state index in [1.165, 1.54) is 0 Å². The van der Waals surface area contributed by atoms with Crippen molar-refractivity contribution in [1.29, 1.82) is 0 Å². The maximum absolute atomic E-state index is 12.8. The summed E-state index contributed by atoms with van der Waals surface area (Å²) in [5.74, 6) is -1.09. The quantitative estimate of drug-likeness (QED) is 0.708. The van der Waals surface area contributed by atoms with Crippen LogP contribution in [0.5, 0.6) is 0 Å². The van der Waals surface area contributed by atoms with Crippen molar-refractivity contribution in [2.45, 2.75) is 12.5 Å². The SMILES string of the molecule is N[C@@H](Cc1ccc(C(=O)c2cccc3ccccc23)cc1)C(=O)O. The van der Waals surface area contributed by atoms with Gasteiger partial charge in [-0.1, -0.05) is 66.7 Å². The van der Waals surface area contributed by atoms with Gasteiger partial charge in [-0.15, -0.1) is 0 Å². The van der Waals surface area contributed by atoms with Crippen LogP contribution in [0.15, 0.2) is 66.7 Å². The van der Waals surface area contributed by atoms with Crippen LogP contribution in [0.1, 0.15) is 21.5 Å². The number of fused-ring (bicyclic) bond motifs is 1. The van der Waals surface area contributed by atoms with E-state index >= 15 is 0 Å². The molecule has 120 valence electrons. The molecule has 0 spiro atoms. The van der Waals surface area contributed by atoms with Crippen LogP contribution in [0.4, 0.5) is 0 Å². The second-order valence-corrected chi connectivity index (χ2v) is 5.70. The summed E-state index contributed by atoms with van der Waals surface area (Å²) in [5, 5.41) is 10.8. The Morgan fingerprint density at radius 2 is 1.58 bits per heavy atom. The highest BCUT2D eigenvalue weighted by molar-refractivity contribution is 6.16. The average Bonchev–Trinajstić information content (AvgIpc) is 2.61. The molecule has 4 heteroatoms. The molecule has 0 saturated carbocycles. The average molecular weight is 319 g/mol. The van der Waals surface area contributed by atoms with Crippen LogP contribution >= 0.6 is 0 Å². The van der Waals surface area contributed by atoms with Gasteiger partial charge in [0.05, 0.1) is 0 Å². The molecule has 0 radical (unpaired) electrons. The zero-order valence-corrected chi connectivity index (χ0v) is 13.0. The molecule has 3 rings (SSSR count). The summed E-state index contributed by atoms with van der Waals surface area (Å²) in [6, 6.07) is 19.4. The molecule has 0 aliphatic rings. The summed E-state index contributed by atoms with van der Waals surface area (Å²) in [6.07, 6.45) is 0.234. The number of nitrogens with two attached hydrogens (primary N) is 1. The third-order valence-corrected chi connectivity index (χ3v) is 4.02. The fraction of sp³-hybridized carbons (Fsp3) is 0.100. The van der Waals surface area contributed by atoms with Crippen LogP contribution in [0.25, 0.3) is 10.8 Å². The van der Waals surface area contributed by atoms with E-state index < -0.39 is 12.0 Å². The molecule has 4 nitrogen and oxygen atoms in total. The third kappa shape index (κ3) is 3.19. The molecule has 0 aromatic heterocycles. The molecular formula is C20H17NO3. The Morgan fingerprint density at radius 3 is 2.29 bits per heavy atom. The van der Waals surface area contributed by atoms with Crippen LogP contribution in [0.3, 0.4) is 0 Å². The fourth-order valence-corrected chi connectivity index (χ4v) is 2.71. The number of benzene rings is 3. The van der Waals surface area contributed by atoms with Crippen LogP contribution in [0, 0.1) is 0 Å². The van der Waals surface area contributed by atoms with Gasteiger partial charge in [-0.25, -0.2) is 0 Å². The molecule has 1 atom stereocenters. The first-order valence-electron chi connectivity index (χ1n) is 7.66. The van der Waals surface area contributed by atoms with E-state index in [2.05, 4.69) is 0 Å². The van der Waals surface area contributed by atoms with E-state index in [0.717, 1.165) is 16.3 Å². The van der Waals surface area contributed by atoms with Gasteiger partial charge in [0.1, 0.15) is 6.04 Å². The van der Waals surface area contributed by atoms with Crippen molar-refractivity contribution < 1.29 is 14.7 Å². The molecule has 0 fully saturated rings. The van der Waals surface area contributed by atoms with Crippen LogP contribution in [0.2, 0.25) is 0 Å². The summed E-state index contributed by atoms with van der Waals surface area (Å²) in [7, 11) is 0. The van der Waals surface area contributed by atoms with Gasteiger partial charge in [-0.3, -0.25) is 9.59 Å². The maximum atomic E-state index is 12.8. The van der Waals surface area contributed by atoms with Crippen molar-refractivity contribution in [2.75, 3.05) is 0 Å². The van der Waals surface area contributed by atoms with Crippen molar-refractivity contribution in [3.05, 3.63) is 83.4 Å². The van der Waals surface area contributed by atoms with E-state index in [0.29, 0.717) is 11.1 Å². The minimum atomic E-state index is -1.04. The first-order chi connectivity index (χ1) is 11.6. The van der Waals surface area contributed by atoms with Gasteiger partial charge < -0.3 is 10.8 Å². The predicted molar refractivity (Wildman–Crippen MR) is 93.1 cm³/mol. The maximum Gasteiger partial charge on any atom is 0.320 e. The standard InChI is InChI=1S/C20H17NO3/c21-18(20(23)24)12-13-8-10-15(11-9-13)19(22)17-7-3-5-14-4-1-2-6-16(14)17/h1-11,18H,12,21H2,(H,23,24)/t18-/m0/s1. The Balaban J connectivity index is 1.88. The van der Waals surface area contributed by atoms with Crippen LogP contribution in [-0.4, -0.2) is 22.9 Å². The van der Waals surface area contributed by atoms with Crippen molar-refractivity contribution >= 4 is 22.5 Å². The molecule has 3 aromatic carbocycles. The molecule has 0 heterocycles. The van der Waals surface area contributed by atoms with E-state index in [1.807, 2.05) is 42.5 Å². The van der Waals surface area contributed by atoms with E-state index in [-0.39, 0.29) is 12.2 Å². The van der Waals surface area contributed by atoms with Gasteiger partial charge in [0.2, 0.25) is 0 Å². The van der Waals surface area contributed by atoms with Crippen molar-refractivity contribution in [3.63, 3.8) is 0 Å². The van der Waals surface area contributed by atoms with Gasteiger partial charge in [0.25, 0.3) is 0 Å². The Labute approximate surface area is 139 Å². The van der Waals surface area contributed by atoms with Crippen molar-refractivity contribution in [1.82, 2.24) is 0 Å². The van der Waals surface area contributed by atoms with Gasteiger partial charge in [-0.05, 0) is 22.8 Å². The number of hydrogen-bond donors (Lipinski definition) is 2. The Bertz CT molecular complexity index is 895. The van der Waals surface area contributed by atoms with Gasteiger partial charge in [0.15, 0.2) is 5.78 Å². The molecule has 3 N–H and O–H groups in total. The summed E-state index contributed by atoms with van der Waals surface area (Å²) >= 11 is 0. The first kappa shape index (κ1) is 15.9. The minimum Gasteiger partial charge on any atom is -0.480 e. The lowest BCUT2D eigenvalue weighted by atomic mass is 9.96. The van der Waals surface area contributed by atoms with Crippen molar-refractivity contribution in [3.8, 4) is 0 Å². The lowest BCUT2D eigenvalue weighted by Crippen LogP contribution is -2.32. The molecule has 0 saturated heterocycles. The second kappa shape index (κ2) is 6.64. The molecule has 0 aliphatic carbocycles. The number of carbonyl (C=O) groups is 2. The summed E-state index contributed by atoms with van der Waals surface area (Å²) < 4.78 is 0. The predicted octanol–water partition coefficient (Wildman–Crippen LogP) is 3.03. The Morgan fingerprint density at radius 1 is 0.917 bits per heavy atom. The molecule has 3 aromatic rings. The molecule has 0 unspecified atom stereocenters. The van der Waals surface area contributed by atoms with Gasteiger partial charge in [-0.2, -0.15) is 0 Å². The normalized spacial score (nSPS) is 12.0. The van der Waals surface area contributed by atoms with E-state index in [1.54, 1.807) is 24.3 Å². The second-order valence-electron chi connectivity index (χ2n) is 5.70. The number of hydrogen-bond acceptors (Lipinski definition) is 3. The smallest absolute Gasteiger partial charge is 0.320 e. The number of rotatable bonds is 5. The van der Waals surface area contributed by atoms with Crippen LogP contribution in [-0.2, 0) is 11.2 Å². The van der Waals surface area contributed by atoms with Gasteiger partial charge >= 0.3 is 5.97 Å². The summed E-state index contributed by atoms with van der Waals surface area (Å²) in [6.45, 7) is 0. The zero-order chi connectivity index (χ0) is 17.1. The summed E-state index contributed by atoms with van der Waals surface area (Å²) in [4.78, 5) is 23.6. The molecule has 24 heavy (non-hydrogen) atoms. The zero-order valence-electron chi connectivity index (χ0n) is 13.0. The van der Waals surface area contributed by atoms with Gasteiger partial charge in [0, 0.05) is 11.1 Å². The summed E-state index contributed by atoms with van der Waals surface area (Å²) in [5.41, 5.74) is 7.55. The number of carboxylic acids is 1. The fourth-order valence-electron chi connectivity index (χ4n) is 2.71. The number of carbonyl (C=O) groups excluding carboxylic acids is 1. The molecule has 0 bridgehead atoms. The monoisotopic (exact) mass is 319 g/mol. The van der Waals surface area contributed by atoms with E-state index in [4.69, 9.17) is 10.8 Å². The topological polar surface area (TPSA) is 80.4 Å². The molecule has 0 aliphatic heterocycles. The highest BCUT2D eigenvalue weighted by Crippen LogP contribution is 2.21. The highest BCUT2D eigenvalue weighted by Gasteiger charge is 2.14. The molecule has 0 amide bonds. The Kier molecular flexibility index (Phi) is 4.40. The lowest BCUT2D eigenvalue weighted by Gasteiger charge is -2.08. The number of ketones is 1. The number of aliphatic carboxylic acids is 1. The molecular weight excluding hydrogens is 302 g/mol. The van der Waals surface area contributed by atoms with Crippen LogP contribution < -0.4 is 5.73 Å². The highest BCUT2D eigenvalue weighted by atomic mass is 16.4. The van der Waals surface area contributed by atoms with E-state index in [9.17, 15) is 9.59 Å². The van der Waals surface area contributed by atoms with Crippen molar-refractivity contribution in [2.24, 2.45) is 5.73 Å². The third-order valence-electron chi connectivity index (χ3n) is 4.02. The largest absolute Gasteiger partial charge is 0.480 e. The Hall–Kier alpha value is -2.98. The minimum absolute atomic E-state index is 0.0547. The lowest BCUT2D eigenvalue weighted by molar-refractivity contribution is -0.138. The first-order valence-corrected chi connectivity index (χ1v) is 7.66. The number of carboxylic acid groups (broad SMARTS) is 1.